The number of nitrogens with one attached hydrogen (secondary N) is 1. The molecule has 3 heterocycles. The van der Waals surface area contributed by atoms with Crippen molar-refractivity contribution in [3.8, 4) is 0 Å². The first-order chi connectivity index (χ1) is 20.6. The van der Waals surface area contributed by atoms with Gasteiger partial charge < -0.3 is 30.4 Å². The van der Waals surface area contributed by atoms with Crippen LogP contribution in [0.3, 0.4) is 0 Å². The second kappa shape index (κ2) is 13.8. The fourth-order valence-corrected chi connectivity index (χ4v) is 4.98. The van der Waals surface area contributed by atoms with Gasteiger partial charge in [-0.05, 0) is 36.8 Å². The van der Waals surface area contributed by atoms with Gasteiger partial charge in [0.05, 0.1) is 18.7 Å². The van der Waals surface area contributed by atoms with Gasteiger partial charge in [0, 0.05) is 6.42 Å². The van der Waals surface area contributed by atoms with Gasteiger partial charge in [-0.3, -0.25) is 19.4 Å². The number of benzene rings is 1. The number of carbonyl (C=O) groups excluding carboxylic acids is 3. The van der Waals surface area contributed by atoms with Crippen molar-refractivity contribution < 1.29 is 33.7 Å². The van der Waals surface area contributed by atoms with Gasteiger partial charge in [0.15, 0.2) is 17.5 Å². The first kappa shape index (κ1) is 31.7. The van der Waals surface area contributed by atoms with E-state index in [9.17, 15) is 19.5 Å². The first-order valence-electron chi connectivity index (χ1n) is 14.2. The minimum Gasteiger partial charge on any atom is -0.463 e. The summed E-state index contributed by atoms with van der Waals surface area (Å²) in [5.41, 5.74) is 5.95. The number of ether oxygens (including phenoxy) is 3. The number of fused-ring (bicyclic) bond motifs is 1. The van der Waals surface area contributed by atoms with Crippen molar-refractivity contribution in [1.29, 1.82) is 0 Å². The molecule has 1 aliphatic rings. The second-order valence-electron chi connectivity index (χ2n) is 10.8. The van der Waals surface area contributed by atoms with E-state index in [1.807, 2.05) is 25.1 Å². The number of nitrogens with zero attached hydrogens (tertiary/aromatic N) is 4. The number of carbonyl (C=O) groups is 3. The molecule has 0 radical (unpaired) electrons. The molecule has 5 atom stereocenters. The van der Waals surface area contributed by atoms with E-state index >= 15 is 0 Å². The molecule has 0 spiro atoms. The highest BCUT2D eigenvalue weighted by Crippen LogP contribution is 2.43. The van der Waals surface area contributed by atoms with Gasteiger partial charge in [-0.2, -0.15) is 5.10 Å². The van der Waals surface area contributed by atoms with Gasteiger partial charge in [-0.1, -0.05) is 51.1 Å². The zero-order valence-electron chi connectivity index (χ0n) is 24.5. The third-order valence-corrected chi connectivity index (χ3v) is 7.33. The Morgan fingerprint density at radius 1 is 1.23 bits per heavy atom. The highest BCUT2D eigenvalue weighted by Gasteiger charge is 2.59. The van der Waals surface area contributed by atoms with Crippen LogP contribution in [0.1, 0.15) is 44.9 Å². The summed E-state index contributed by atoms with van der Waals surface area (Å²) in [5, 5.41) is 18.9. The molecule has 1 aromatic carbocycles. The number of hydrogen-bond donors (Lipinski definition) is 3. The van der Waals surface area contributed by atoms with Crippen LogP contribution >= 0.6 is 0 Å². The van der Waals surface area contributed by atoms with Crippen LogP contribution in [0, 0.1) is 5.92 Å². The molecule has 0 aliphatic carbocycles. The molecule has 1 fully saturated rings. The van der Waals surface area contributed by atoms with Crippen LogP contribution in [0.2, 0.25) is 0 Å². The summed E-state index contributed by atoms with van der Waals surface area (Å²) in [6.07, 6.45) is -1.61. The zero-order chi connectivity index (χ0) is 31.1. The summed E-state index contributed by atoms with van der Waals surface area (Å²) < 4.78 is 19.2. The quantitative estimate of drug-likeness (QED) is 0.195. The lowest BCUT2D eigenvalue weighted by atomic mass is 9.90. The maximum atomic E-state index is 13.0. The molecular formula is C30H38N6O7. The summed E-state index contributed by atoms with van der Waals surface area (Å²) >= 11 is 0. The van der Waals surface area contributed by atoms with E-state index in [0.717, 1.165) is 5.56 Å². The largest absolute Gasteiger partial charge is 0.463 e. The topological polar surface area (TPSA) is 180 Å². The molecule has 1 aliphatic heterocycles. The van der Waals surface area contributed by atoms with Crippen LogP contribution in [0.5, 0.6) is 0 Å². The number of aliphatic hydroxyl groups excluding tert-OH is 1. The average molecular weight is 595 g/mol. The van der Waals surface area contributed by atoms with Crippen molar-refractivity contribution in [2.45, 2.75) is 70.0 Å². The van der Waals surface area contributed by atoms with Gasteiger partial charge in [0.1, 0.15) is 36.7 Å². The Morgan fingerprint density at radius 2 is 1.98 bits per heavy atom. The number of aromatic nitrogens is 3. The van der Waals surface area contributed by atoms with E-state index in [-0.39, 0.29) is 37.2 Å². The number of nitrogens with two attached hydrogens (primary N) is 1. The third-order valence-electron chi connectivity index (χ3n) is 7.33. The van der Waals surface area contributed by atoms with Crippen LogP contribution in [0.25, 0.3) is 5.52 Å². The highest BCUT2D eigenvalue weighted by molar-refractivity contribution is 5.93. The lowest BCUT2D eigenvalue weighted by Gasteiger charge is -2.30. The molecule has 43 heavy (non-hydrogen) atoms. The summed E-state index contributed by atoms with van der Waals surface area (Å²) in [6, 6.07) is 11.4. The molecule has 0 saturated carbocycles. The highest BCUT2D eigenvalue weighted by atomic mass is 16.6. The van der Waals surface area contributed by atoms with Gasteiger partial charge in [0.25, 0.3) is 0 Å². The Kier molecular flexibility index (Phi) is 10.2. The number of amides is 1. The van der Waals surface area contributed by atoms with Crippen molar-refractivity contribution in [1.82, 2.24) is 14.6 Å². The van der Waals surface area contributed by atoms with E-state index < -0.39 is 41.9 Å². The van der Waals surface area contributed by atoms with Crippen molar-refractivity contribution >= 4 is 35.9 Å². The minimum absolute atomic E-state index is 0.0188. The van der Waals surface area contributed by atoms with E-state index in [0.29, 0.717) is 24.1 Å². The molecule has 4 N–H and O–H groups in total. The lowest BCUT2D eigenvalue weighted by Crippen LogP contribution is -2.48. The van der Waals surface area contributed by atoms with E-state index in [1.165, 1.54) is 10.8 Å². The maximum absolute atomic E-state index is 13.0. The van der Waals surface area contributed by atoms with Crippen molar-refractivity contribution in [3.63, 3.8) is 0 Å². The Balaban J connectivity index is 1.68. The van der Waals surface area contributed by atoms with Gasteiger partial charge in [-0.15, -0.1) is 0 Å². The van der Waals surface area contributed by atoms with Crippen LogP contribution in [0.15, 0.2) is 53.8 Å². The first-order valence-corrected chi connectivity index (χ1v) is 14.2. The zero-order valence-corrected chi connectivity index (χ0v) is 24.5. The maximum Gasteiger partial charge on any atom is 0.323 e. The van der Waals surface area contributed by atoms with Crippen molar-refractivity contribution in [2.75, 3.05) is 18.5 Å². The molecule has 3 aromatic rings. The molecule has 1 saturated heterocycles. The Morgan fingerprint density at radius 3 is 2.65 bits per heavy atom. The standard InChI is InChI=1S/C30H38N6O7/c1-5-9-23(37)35-28-20-12-13-22(36(20)34-17-33-28)30(16-32-4)27(39)26(42-29(40)25(31)18(2)3)21(43-30)15-41-24(38)14-19-10-7-6-8-11-19/h6-8,10-13,17-18,21,25-27,39H,4-5,9,14-16,31H2,1-3H3,(H,33,34,35,37)/t21-,25+,26-,27-,30+/m1/s1. The molecule has 4 rings (SSSR count). The predicted molar refractivity (Wildman–Crippen MR) is 157 cm³/mol. The Hall–Kier alpha value is -4.20. The van der Waals surface area contributed by atoms with Crippen LogP contribution in [-0.2, 0) is 40.6 Å². The van der Waals surface area contributed by atoms with Crippen molar-refractivity contribution in [3.05, 3.63) is 60.0 Å². The van der Waals surface area contributed by atoms with Crippen LogP contribution in [-0.4, -0.2) is 81.8 Å². The Bertz CT molecular complexity index is 1450. The Labute approximate surface area is 249 Å². The minimum atomic E-state index is -1.63. The third kappa shape index (κ3) is 6.90. The molecule has 230 valence electrons. The molecule has 1 amide bonds. The average Bonchev–Trinajstić information content (AvgIpc) is 3.53. The number of hydrogen-bond acceptors (Lipinski definition) is 11. The molecular weight excluding hydrogens is 556 g/mol. The van der Waals surface area contributed by atoms with Crippen LogP contribution < -0.4 is 11.1 Å². The molecule has 0 bridgehead atoms. The normalized spacial score (nSPS) is 22.3. The predicted octanol–water partition coefficient (Wildman–Crippen LogP) is 1.80. The number of esters is 2. The van der Waals surface area contributed by atoms with E-state index in [2.05, 4.69) is 27.1 Å². The molecule has 13 heteroatoms. The fraction of sp³-hybridized carbons (Fsp3) is 0.467. The summed E-state index contributed by atoms with van der Waals surface area (Å²) in [4.78, 5) is 46.2. The second-order valence-corrected chi connectivity index (χ2v) is 10.8. The lowest BCUT2D eigenvalue weighted by molar-refractivity contribution is -0.162. The van der Waals surface area contributed by atoms with Crippen molar-refractivity contribution in [2.24, 2.45) is 16.6 Å². The summed E-state index contributed by atoms with van der Waals surface area (Å²) in [5.74, 6) is -1.45. The number of aliphatic imine (C=N–C) groups is 1. The summed E-state index contributed by atoms with van der Waals surface area (Å²) in [7, 11) is 0. The smallest absolute Gasteiger partial charge is 0.323 e. The number of rotatable bonds is 13. The van der Waals surface area contributed by atoms with E-state index in [4.69, 9.17) is 19.9 Å². The summed E-state index contributed by atoms with van der Waals surface area (Å²) in [6.45, 7) is 8.54. The van der Waals surface area contributed by atoms with Gasteiger partial charge in [0.2, 0.25) is 5.91 Å². The van der Waals surface area contributed by atoms with E-state index in [1.54, 1.807) is 38.1 Å². The number of aliphatic hydroxyl groups is 1. The van der Waals surface area contributed by atoms with Gasteiger partial charge >= 0.3 is 11.9 Å². The molecule has 13 nitrogen and oxygen atoms in total. The fourth-order valence-electron chi connectivity index (χ4n) is 4.98. The SMILES string of the molecule is C=NC[C@@]1(c2ccc3c(NC(=O)CCC)ncnn23)O[C@H](COC(=O)Cc2ccccc2)[C@@H](OC(=O)[C@@H](N)C(C)C)[C@H]1O. The number of anilines is 1. The monoisotopic (exact) mass is 594 g/mol. The molecule has 0 unspecified atom stereocenters. The molecule has 2 aromatic heterocycles. The van der Waals surface area contributed by atoms with Crippen LogP contribution in [0.4, 0.5) is 5.82 Å². The van der Waals surface area contributed by atoms with Gasteiger partial charge in [-0.25, -0.2) is 9.50 Å².